The van der Waals surface area contributed by atoms with Crippen LogP contribution in [0.2, 0.25) is 0 Å². The van der Waals surface area contributed by atoms with Crippen molar-refractivity contribution in [3.05, 3.63) is 29.8 Å². The molecule has 0 bridgehead atoms. The Morgan fingerprint density at radius 2 is 2.08 bits per heavy atom. The molecule has 64 valence electrons. The molecular weight excluding hydrogens is 168 g/mol. The molecule has 1 aromatic carbocycles. The third kappa shape index (κ3) is 0.811. The summed E-state index contributed by atoms with van der Waals surface area (Å²) in [6, 6.07) is 7.60. The van der Waals surface area contributed by atoms with Gasteiger partial charge in [-0.2, -0.15) is 0 Å². The predicted molar refractivity (Wildman–Crippen MR) is 45.6 cm³/mol. The molecule has 0 N–H and O–H groups in total. The molecule has 1 aromatic heterocycles. The van der Waals surface area contributed by atoms with Gasteiger partial charge in [-0.1, -0.05) is 18.2 Å². The van der Waals surface area contributed by atoms with E-state index in [4.69, 9.17) is 9.15 Å². The summed E-state index contributed by atoms with van der Waals surface area (Å²) in [6.45, 7) is 0. The Bertz CT molecular complexity index is 496. The van der Waals surface area contributed by atoms with Gasteiger partial charge in [-0.15, -0.1) is 0 Å². The van der Waals surface area contributed by atoms with Crippen LogP contribution in [-0.4, -0.2) is 5.97 Å². The van der Waals surface area contributed by atoms with E-state index in [9.17, 15) is 4.79 Å². The molecule has 13 heavy (non-hydrogen) atoms. The van der Waals surface area contributed by atoms with Crippen molar-refractivity contribution in [1.29, 1.82) is 0 Å². The Morgan fingerprint density at radius 1 is 1.23 bits per heavy atom. The van der Waals surface area contributed by atoms with E-state index in [-0.39, 0.29) is 5.97 Å². The fourth-order valence-corrected chi connectivity index (χ4v) is 1.61. The molecule has 0 saturated carbocycles. The largest absolute Gasteiger partial charge is 0.425 e. The number of ether oxygens (including phenoxy) is 1. The van der Waals surface area contributed by atoms with Gasteiger partial charge < -0.3 is 9.15 Å². The van der Waals surface area contributed by atoms with Crippen molar-refractivity contribution in [2.75, 3.05) is 0 Å². The molecule has 0 spiro atoms. The number of hydrogen-bond acceptors (Lipinski definition) is 3. The number of esters is 1. The first-order valence-electron chi connectivity index (χ1n) is 4.06. The summed E-state index contributed by atoms with van der Waals surface area (Å²) in [5.74, 6) is 0.130. The molecule has 0 amide bonds. The van der Waals surface area contributed by atoms with Crippen molar-refractivity contribution < 1.29 is 13.9 Å². The highest BCUT2D eigenvalue weighted by atomic mass is 16.6. The summed E-state index contributed by atoms with van der Waals surface area (Å²) in [6.07, 6.45) is 0.326. The van der Waals surface area contributed by atoms with E-state index in [1.54, 1.807) is 0 Å². The first-order valence-corrected chi connectivity index (χ1v) is 4.06. The molecule has 0 radical (unpaired) electrons. The predicted octanol–water partition coefficient (Wildman–Crippen LogP) is 1.89. The monoisotopic (exact) mass is 174 g/mol. The molecule has 2 aromatic rings. The van der Waals surface area contributed by atoms with Gasteiger partial charge in [0.2, 0.25) is 0 Å². The van der Waals surface area contributed by atoms with E-state index >= 15 is 0 Å². The minimum atomic E-state index is -0.237. The number of carbonyl (C=O) groups is 1. The number of para-hydroxylation sites is 1. The van der Waals surface area contributed by atoms with Crippen molar-refractivity contribution in [3.8, 4) is 5.95 Å². The van der Waals surface area contributed by atoms with Gasteiger partial charge in [0, 0.05) is 5.39 Å². The molecule has 0 aliphatic carbocycles. The number of carbonyl (C=O) groups excluding carboxylic acids is 1. The molecule has 1 aliphatic rings. The Hall–Kier alpha value is -1.77. The van der Waals surface area contributed by atoms with Crippen LogP contribution >= 0.6 is 0 Å². The maximum absolute atomic E-state index is 10.9. The Balaban J connectivity index is 2.37. The van der Waals surface area contributed by atoms with Crippen LogP contribution in [-0.2, 0) is 11.2 Å². The molecule has 3 nitrogen and oxygen atoms in total. The zero-order valence-electron chi connectivity index (χ0n) is 6.74. The highest BCUT2D eigenvalue weighted by Crippen LogP contribution is 2.35. The highest BCUT2D eigenvalue weighted by molar-refractivity contribution is 5.92. The summed E-state index contributed by atoms with van der Waals surface area (Å²) in [4.78, 5) is 10.9. The Labute approximate surface area is 73.9 Å². The van der Waals surface area contributed by atoms with Gasteiger partial charge in [-0.05, 0) is 6.07 Å². The van der Waals surface area contributed by atoms with E-state index in [0.29, 0.717) is 12.4 Å². The fraction of sp³-hybridized carbons (Fsp3) is 0.100. The summed E-state index contributed by atoms with van der Waals surface area (Å²) in [5.41, 5.74) is 1.65. The second-order valence-electron chi connectivity index (χ2n) is 3.02. The van der Waals surface area contributed by atoms with Gasteiger partial charge in [0.1, 0.15) is 5.58 Å². The van der Waals surface area contributed by atoms with Crippen LogP contribution in [0.5, 0.6) is 5.95 Å². The van der Waals surface area contributed by atoms with Gasteiger partial charge in [-0.3, -0.25) is 4.79 Å². The summed E-state index contributed by atoms with van der Waals surface area (Å²) >= 11 is 0. The summed E-state index contributed by atoms with van der Waals surface area (Å²) in [7, 11) is 0. The lowest BCUT2D eigenvalue weighted by Crippen LogP contribution is -2.00. The van der Waals surface area contributed by atoms with E-state index in [1.165, 1.54) is 0 Å². The van der Waals surface area contributed by atoms with E-state index in [2.05, 4.69) is 0 Å². The van der Waals surface area contributed by atoms with Crippen molar-refractivity contribution >= 4 is 16.9 Å². The third-order valence-corrected chi connectivity index (χ3v) is 2.19. The quantitative estimate of drug-likeness (QED) is 0.572. The lowest BCUT2D eigenvalue weighted by Gasteiger charge is -1.89. The molecule has 3 rings (SSSR count). The van der Waals surface area contributed by atoms with Gasteiger partial charge in [0.05, 0.1) is 12.0 Å². The normalized spacial score (nSPS) is 14.6. The maximum Gasteiger partial charge on any atom is 0.318 e. The summed E-state index contributed by atoms with van der Waals surface area (Å²) < 4.78 is 10.2. The van der Waals surface area contributed by atoms with Crippen LogP contribution in [0.15, 0.2) is 28.7 Å². The van der Waals surface area contributed by atoms with Gasteiger partial charge in [0.25, 0.3) is 5.95 Å². The number of furan rings is 1. The van der Waals surface area contributed by atoms with Gasteiger partial charge in [-0.25, -0.2) is 0 Å². The topological polar surface area (TPSA) is 39.4 Å². The lowest BCUT2D eigenvalue weighted by atomic mass is 10.1. The molecule has 3 heteroatoms. The highest BCUT2D eigenvalue weighted by Gasteiger charge is 2.26. The van der Waals surface area contributed by atoms with Crippen molar-refractivity contribution in [2.45, 2.75) is 6.42 Å². The first-order chi connectivity index (χ1) is 6.34. The lowest BCUT2D eigenvalue weighted by molar-refractivity contribution is -0.132. The zero-order valence-corrected chi connectivity index (χ0v) is 6.74. The van der Waals surface area contributed by atoms with Crippen molar-refractivity contribution in [1.82, 2.24) is 0 Å². The molecule has 1 aliphatic heterocycles. The van der Waals surface area contributed by atoms with Gasteiger partial charge >= 0.3 is 5.97 Å². The van der Waals surface area contributed by atoms with Crippen molar-refractivity contribution in [2.24, 2.45) is 0 Å². The fourth-order valence-electron chi connectivity index (χ4n) is 1.61. The number of fused-ring (bicyclic) bond motifs is 3. The first kappa shape index (κ1) is 6.71. The SMILES string of the molecule is O=C1Cc2c(oc3ccccc23)O1. The van der Waals surface area contributed by atoms with Crippen LogP contribution in [0, 0.1) is 0 Å². The maximum atomic E-state index is 10.9. The average molecular weight is 174 g/mol. The van der Waals surface area contributed by atoms with E-state index < -0.39 is 0 Å². The molecule has 2 heterocycles. The van der Waals surface area contributed by atoms with Crippen LogP contribution in [0.1, 0.15) is 5.56 Å². The number of rotatable bonds is 0. The number of hydrogen-bond donors (Lipinski definition) is 0. The molecular formula is C10H6O3. The van der Waals surface area contributed by atoms with Crippen LogP contribution < -0.4 is 4.74 Å². The minimum absolute atomic E-state index is 0.237. The van der Waals surface area contributed by atoms with Crippen LogP contribution in [0.3, 0.4) is 0 Å². The molecule has 0 atom stereocenters. The average Bonchev–Trinajstić information content (AvgIpc) is 2.60. The molecule has 0 unspecified atom stereocenters. The zero-order chi connectivity index (χ0) is 8.84. The standard InChI is InChI=1S/C10H6O3/c11-9-5-7-6-3-1-2-4-8(6)12-10(7)13-9/h1-4H,5H2. The Morgan fingerprint density at radius 3 is 3.00 bits per heavy atom. The second-order valence-corrected chi connectivity index (χ2v) is 3.02. The van der Waals surface area contributed by atoms with Crippen LogP contribution in [0.25, 0.3) is 11.0 Å². The second kappa shape index (κ2) is 2.13. The smallest absolute Gasteiger partial charge is 0.318 e. The number of benzene rings is 1. The van der Waals surface area contributed by atoms with E-state index in [0.717, 1.165) is 16.5 Å². The van der Waals surface area contributed by atoms with Crippen molar-refractivity contribution in [3.63, 3.8) is 0 Å². The summed E-state index contributed by atoms with van der Waals surface area (Å²) in [5, 5.41) is 0.975. The Kier molecular flexibility index (Phi) is 1.10. The van der Waals surface area contributed by atoms with Crippen LogP contribution in [0.4, 0.5) is 0 Å². The van der Waals surface area contributed by atoms with E-state index in [1.807, 2.05) is 24.3 Å². The molecule has 0 fully saturated rings. The van der Waals surface area contributed by atoms with Gasteiger partial charge in [0.15, 0.2) is 0 Å². The third-order valence-electron chi connectivity index (χ3n) is 2.19. The molecule has 0 saturated heterocycles. The minimum Gasteiger partial charge on any atom is -0.425 e.